The van der Waals surface area contributed by atoms with Gasteiger partial charge in [-0.25, -0.2) is 0 Å². The normalized spacial score (nSPS) is 13.9. The Kier molecular flexibility index (Phi) is 4.95. The van der Waals surface area contributed by atoms with E-state index in [1.165, 1.54) is 0 Å². The minimum atomic E-state index is -0.480. The predicted molar refractivity (Wildman–Crippen MR) is 28.2 cm³/mol. The Morgan fingerprint density at radius 1 is 1.75 bits per heavy atom. The molecule has 0 aromatic heterocycles. The third-order valence-electron chi connectivity index (χ3n) is 0.495. The van der Waals surface area contributed by atoms with Crippen molar-refractivity contribution in [3.05, 3.63) is 13.2 Å². The maximum absolute atomic E-state index is 8.54. The van der Waals surface area contributed by atoms with Crippen LogP contribution in [0.25, 0.3) is 0 Å². The minimum absolute atomic E-state index is 0.219. The summed E-state index contributed by atoms with van der Waals surface area (Å²) >= 11 is 0. The predicted octanol–water partition coefficient (Wildman–Crippen LogP) is 0.0799. The summed E-state index contributed by atoms with van der Waals surface area (Å²) in [6.07, 6.45) is -0.480. The summed E-state index contributed by atoms with van der Waals surface area (Å²) in [5.41, 5.74) is 0. The lowest BCUT2D eigenvalue weighted by molar-refractivity contribution is 0.0740. The van der Waals surface area contributed by atoms with Crippen LogP contribution in [0.15, 0.2) is 0 Å². The van der Waals surface area contributed by atoms with Gasteiger partial charge in [0.25, 0.3) is 0 Å². The molecule has 1 atom stereocenters. The van der Waals surface area contributed by atoms with E-state index in [2.05, 4.69) is 4.74 Å². The van der Waals surface area contributed by atoms with Gasteiger partial charge in [-0.1, -0.05) is 0 Å². The quantitative estimate of drug-likeness (QED) is 0.514. The zero-order valence-corrected chi connectivity index (χ0v) is 4.74. The molecular formula is C5H10O3. The van der Waals surface area contributed by atoms with Crippen molar-refractivity contribution in [2.75, 3.05) is 6.61 Å². The summed E-state index contributed by atoms with van der Waals surface area (Å²) in [5.74, 6) is 0. The zero-order chi connectivity index (χ0) is 6.41. The molecule has 3 heteroatoms. The van der Waals surface area contributed by atoms with Crippen LogP contribution < -0.4 is 0 Å². The smallest absolute Gasteiger partial charge is 0.115 e. The van der Waals surface area contributed by atoms with Gasteiger partial charge in [-0.2, -0.15) is 0 Å². The summed E-state index contributed by atoms with van der Waals surface area (Å²) in [7, 11) is 0. The molecule has 2 N–H and O–H groups in total. The topological polar surface area (TPSA) is 49.7 Å². The van der Waals surface area contributed by atoms with Crippen LogP contribution >= 0.6 is 0 Å². The van der Waals surface area contributed by atoms with Crippen LogP contribution in [-0.4, -0.2) is 22.9 Å². The van der Waals surface area contributed by atoms with Crippen molar-refractivity contribution in [1.82, 2.24) is 0 Å². The zero-order valence-electron chi connectivity index (χ0n) is 4.74. The molecule has 0 amide bonds. The van der Waals surface area contributed by atoms with E-state index in [1.807, 2.05) is 0 Å². The van der Waals surface area contributed by atoms with E-state index in [1.54, 1.807) is 6.92 Å². The van der Waals surface area contributed by atoms with Crippen molar-refractivity contribution in [2.24, 2.45) is 0 Å². The third-order valence-corrected chi connectivity index (χ3v) is 0.495. The lowest BCUT2D eigenvalue weighted by atomic mass is 10.4. The molecule has 0 aromatic carbocycles. The number of ether oxygens (including phenoxy) is 1. The molecule has 0 saturated carbocycles. The van der Waals surface area contributed by atoms with Gasteiger partial charge < -0.3 is 14.9 Å². The first-order valence-corrected chi connectivity index (χ1v) is 2.36. The van der Waals surface area contributed by atoms with Gasteiger partial charge in [0.2, 0.25) is 0 Å². The Balaban J connectivity index is 2.72. The van der Waals surface area contributed by atoms with E-state index in [0.717, 1.165) is 13.2 Å². The monoisotopic (exact) mass is 118 g/mol. The molecule has 8 heavy (non-hydrogen) atoms. The van der Waals surface area contributed by atoms with Gasteiger partial charge in [0, 0.05) is 0 Å². The lowest BCUT2D eigenvalue weighted by Gasteiger charge is -2.01. The maximum atomic E-state index is 8.54. The van der Waals surface area contributed by atoms with E-state index < -0.39 is 6.10 Å². The number of hydrogen-bond donors (Lipinski definition) is 2. The van der Waals surface area contributed by atoms with Crippen molar-refractivity contribution < 1.29 is 14.9 Å². The molecule has 0 aliphatic carbocycles. The standard InChI is InChI=1S/C5H10O3/c1-5(7)4-8-3-2-6/h2-3,5-7H,4H2,1H3. The van der Waals surface area contributed by atoms with Crippen LogP contribution in [0, 0.1) is 13.2 Å². The Morgan fingerprint density at radius 3 is 2.75 bits per heavy atom. The first kappa shape index (κ1) is 7.88. The van der Waals surface area contributed by atoms with Gasteiger partial charge in [-0.15, -0.1) is 0 Å². The summed E-state index contributed by atoms with van der Waals surface area (Å²) in [6.45, 7) is 3.72. The van der Waals surface area contributed by atoms with Crippen LogP contribution in [0.4, 0.5) is 0 Å². The molecule has 0 aliphatic heterocycles. The van der Waals surface area contributed by atoms with Crippen molar-refractivity contribution in [3.8, 4) is 0 Å². The molecule has 48 valence electrons. The average molecular weight is 118 g/mol. The van der Waals surface area contributed by atoms with Crippen molar-refractivity contribution in [3.63, 3.8) is 0 Å². The van der Waals surface area contributed by atoms with Crippen molar-refractivity contribution in [1.29, 1.82) is 0 Å². The molecular weight excluding hydrogens is 108 g/mol. The minimum Gasteiger partial charge on any atom is -0.391 e. The van der Waals surface area contributed by atoms with Gasteiger partial charge in [0.05, 0.1) is 12.7 Å². The molecule has 0 rings (SSSR count). The third kappa shape index (κ3) is 5.88. The fourth-order valence-corrected chi connectivity index (χ4v) is 0.238. The summed E-state index contributed by atoms with van der Waals surface area (Å²) < 4.78 is 4.56. The van der Waals surface area contributed by atoms with E-state index in [0.29, 0.717) is 0 Å². The summed E-state index contributed by atoms with van der Waals surface area (Å²) in [6, 6.07) is 0. The van der Waals surface area contributed by atoms with E-state index in [-0.39, 0.29) is 6.61 Å². The highest BCUT2D eigenvalue weighted by Crippen LogP contribution is 1.86. The maximum Gasteiger partial charge on any atom is 0.115 e. The molecule has 0 aromatic rings. The Morgan fingerprint density at radius 2 is 2.38 bits per heavy atom. The molecule has 0 saturated heterocycles. The van der Waals surface area contributed by atoms with Crippen LogP contribution in [0.1, 0.15) is 6.92 Å². The van der Waals surface area contributed by atoms with Gasteiger partial charge in [0.1, 0.15) is 13.2 Å². The first-order valence-electron chi connectivity index (χ1n) is 2.36. The number of aliphatic hydroxyl groups excluding tert-OH is 2. The molecule has 0 heterocycles. The highest BCUT2D eigenvalue weighted by atomic mass is 16.5. The fourth-order valence-electron chi connectivity index (χ4n) is 0.238. The highest BCUT2D eigenvalue weighted by molar-refractivity contribution is 4.59. The van der Waals surface area contributed by atoms with Gasteiger partial charge >= 0.3 is 0 Å². The first-order chi connectivity index (χ1) is 3.77. The molecule has 0 bridgehead atoms. The number of rotatable bonds is 4. The van der Waals surface area contributed by atoms with Crippen LogP contribution in [0.2, 0.25) is 0 Å². The van der Waals surface area contributed by atoms with Crippen LogP contribution in [-0.2, 0) is 4.74 Å². The van der Waals surface area contributed by atoms with Gasteiger partial charge in [-0.3, -0.25) is 0 Å². The van der Waals surface area contributed by atoms with Crippen LogP contribution in [0.5, 0.6) is 0 Å². The SMILES string of the molecule is CC(O)CO[CH][CH]O. The second kappa shape index (κ2) is 5.03. The van der Waals surface area contributed by atoms with Crippen molar-refractivity contribution >= 4 is 0 Å². The largest absolute Gasteiger partial charge is 0.391 e. The van der Waals surface area contributed by atoms with Gasteiger partial charge in [-0.05, 0) is 6.92 Å². The number of aliphatic hydroxyl groups is 2. The van der Waals surface area contributed by atoms with E-state index in [4.69, 9.17) is 10.2 Å². The second-order valence-electron chi connectivity index (χ2n) is 1.47. The Hall–Kier alpha value is -0.120. The second-order valence-corrected chi connectivity index (χ2v) is 1.47. The Labute approximate surface area is 48.9 Å². The molecule has 3 nitrogen and oxygen atoms in total. The Bertz CT molecular complexity index is 44.9. The summed E-state index contributed by atoms with van der Waals surface area (Å²) in [4.78, 5) is 0. The van der Waals surface area contributed by atoms with E-state index in [9.17, 15) is 0 Å². The average Bonchev–Trinajstić information content (AvgIpc) is 1.66. The summed E-state index contributed by atoms with van der Waals surface area (Å²) in [5, 5.41) is 16.5. The van der Waals surface area contributed by atoms with Crippen molar-refractivity contribution in [2.45, 2.75) is 13.0 Å². The molecule has 2 radical (unpaired) electrons. The van der Waals surface area contributed by atoms with Crippen LogP contribution in [0.3, 0.4) is 0 Å². The molecule has 0 fully saturated rings. The molecule has 1 unspecified atom stereocenters. The fraction of sp³-hybridized carbons (Fsp3) is 0.600. The molecule has 0 spiro atoms. The lowest BCUT2D eigenvalue weighted by Crippen LogP contribution is -2.08. The highest BCUT2D eigenvalue weighted by Gasteiger charge is 1.92. The van der Waals surface area contributed by atoms with E-state index >= 15 is 0 Å². The number of hydrogen-bond acceptors (Lipinski definition) is 3. The molecule has 0 aliphatic rings. The van der Waals surface area contributed by atoms with Gasteiger partial charge in [0.15, 0.2) is 0 Å².